The van der Waals surface area contributed by atoms with Gasteiger partial charge in [0.15, 0.2) is 0 Å². The van der Waals surface area contributed by atoms with E-state index in [4.69, 9.17) is 4.74 Å². The molecule has 220 valence electrons. The van der Waals surface area contributed by atoms with E-state index in [1.807, 2.05) is 0 Å². The van der Waals surface area contributed by atoms with Crippen LogP contribution in [0.1, 0.15) is 200 Å². The zero-order valence-corrected chi connectivity index (χ0v) is 25.7. The number of rotatable bonds is 31. The fraction of sp³-hybridized carbons (Fsp3) is 0.914. The molecule has 0 aliphatic heterocycles. The topological polar surface area (TPSA) is 26.3 Å². The van der Waals surface area contributed by atoms with Gasteiger partial charge in [-0.25, -0.2) is 0 Å². The molecule has 0 aromatic heterocycles. The van der Waals surface area contributed by atoms with Crippen LogP contribution in [0.4, 0.5) is 0 Å². The zero-order chi connectivity index (χ0) is 26.9. The Bertz CT molecular complexity index is 456. The molecule has 0 aliphatic carbocycles. The van der Waals surface area contributed by atoms with E-state index in [2.05, 4.69) is 26.0 Å². The standard InChI is InChI=1S/C35H68O2/c1-3-5-7-9-11-13-15-17-19-21-23-25-27-29-31-33-35(36)37-34-32-30-28-26-24-22-20-18-16-14-12-10-8-6-4-2/h13,15H,3-12,14,16-34H2,1-2H3. The minimum absolute atomic E-state index is 0.0202. The maximum atomic E-state index is 11.9. The summed E-state index contributed by atoms with van der Waals surface area (Å²) >= 11 is 0. The molecule has 2 heteroatoms. The third-order valence-corrected chi connectivity index (χ3v) is 7.65. The van der Waals surface area contributed by atoms with Crippen LogP contribution in [0, 0.1) is 0 Å². The zero-order valence-electron chi connectivity index (χ0n) is 25.7. The van der Waals surface area contributed by atoms with Gasteiger partial charge >= 0.3 is 5.97 Å². The summed E-state index contributed by atoms with van der Waals surface area (Å²) in [6.45, 7) is 5.19. The molecule has 0 unspecified atom stereocenters. The molecule has 0 bridgehead atoms. The molecule has 0 saturated carbocycles. The number of hydrogen-bond donors (Lipinski definition) is 0. The molecule has 0 aromatic carbocycles. The first kappa shape index (κ1) is 36.2. The Morgan fingerprint density at radius 3 is 1.19 bits per heavy atom. The van der Waals surface area contributed by atoms with E-state index < -0.39 is 0 Å². The summed E-state index contributed by atoms with van der Waals surface area (Å²) in [5.41, 5.74) is 0. The SMILES string of the molecule is CCCCCCC=CCCCCCCCCCC(=O)OCCCCCCCCCCCCCCCCC. The molecule has 0 fully saturated rings. The van der Waals surface area contributed by atoms with Gasteiger partial charge in [-0.05, 0) is 38.5 Å². The normalized spacial score (nSPS) is 11.5. The van der Waals surface area contributed by atoms with Crippen LogP contribution < -0.4 is 0 Å². The summed E-state index contributed by atoms with van der Waals surface area (Å²) < 4.78 is 5.43. The van der Waals surface area contributed by atoms with E-state index in [0.29, 0.717) is 13.0 Å². The maximum absolute atomic E-state index is 11.9. The molecular formula is C35H68O2. The summed E-state index contributed by atoms with van der Waals surface area (Å²) in [6, 6.07) is 0. The first-order chi connectivity index (χ1) is 18.3. The van der Waals surface area contributed by atoms with Gasteiger partial charge in [0.1, 0.15) is 0 Å². The van der Waals surface area contributed by atoms with Crippen LogP contribution in [0.3, 0.4) is 0 Å². The van der Waals surface area contributed by atoms with Crippen LogP contribution >= 0.6 is 0 Å². The van der Waals surface area contributed by atoms with E-state index in [0.717, 1.165) is 12.8 Å². The van der Waals surface area contributed by atoms with Gasteiger partial charge in [0, 0.05) is 6.42 Å². The van der Waals surface area contributed by atoms with E-state index in [1.54, 1.807) is 0 Å². The minimum atomic E-state index is 0.0202. The van der Waals surface area contributed by atoms with Gasteiger partial charge < -0.3 is 4.74 Å². The number of esters is 1. The molecule has 0 N–H and O–H groups in total. The molecule has 0 aliphatic rings. The number of ether oxygens (including phenoxy) is 1. The molecule has 0 amide bonds. The molecule has 0 spiro atoms. The fourth-order valence-corrected chi connectivity index (χ4v) is 5.07. The highest BCUT2D eigenvalue weighted by Gasteiger charge is 2.02. The second kappa shape index (κ2) is 33.2. The second-order valence-corrected chi connectivity index (χ2v) is 11.5. The summed E-state index contributed by atoms with van der Waals surface area (Å²) in [4.78, 5) is 11.9. The lowest BCUT2D eigenvalue weighted by atomic mass is 10.0. The molecule has 0 atom stereocenters. The summed E-state index contributed by atoms with van der Waals surface area (Å²) in [5, 5.41) is 0. The maximum Gasteiger partial charge on any atom is 0.305 e. The van der Waals surface area contributed by atoms with Crippen LogP contribution in [0.25, 0.3) is 0 Å². The highest BCUT2D eigenvalue weighted by molar-refractivity contribution is 5.69. The first-order valence-electron chi connectivity index (χ1n) is 17.1. The van der Waals surface area contributed by atoms with E-state index in [1.165, 1.54) is 167 Å². The van der Waals surface area contributed by atoms with Crippen molar-refractivity contribution in [2.24, 2.45) is 0 Å². The molecule has 0 heterocycles. The fourth-order valence-electron chi connectivity index (χ4n) is 5.07. The highest BCUT2D eigenvalue weighted by Crippen LogP contribution is 2.14. The smallest absolute Gasteiger partial charge is 0.305 e. The predicted octanol–water partition coefficient (Wildman–Crippen LogP) is 12.4. The second-order valence-electron chi connectivity index (χ2n) is 11.5. The van der Waals surface area contributed by atoms with Crippen molar-refractivity contribution in [3.8, 4) is 0 Å². The molecule has 0 rings (SSSR count). The van der Waals surface area contributed by atoms with Crippen LogP contribution in [0.5, 0.6) is 0 Å². The third-order valence-electron chi connectivity index (χ3n) is 7.65. The first-order valence-corrected chi connectivity index (χ1v) is 17.1. The summed E-state index contributed by atoms with van der Waals surface area (Å²) in [5.74, 6) is 0.0202. The monoisotopic (exact) mass is 521 g/mol. The van der Waals surface area contributed by atoms with Gasteiger partial charge in [-0.3, -0.25) is 4.79 Å². The molecule has 2 nitrogen and oxygen atoms in total. The Morgan fingerprint density at radius 2 is 0.757 bits per heavy atom. The van der Waals surface area contributed by atoms with Crippen molar-refractivity contribution in [1.82, 2.24) is 0 Å². The van der Waals surface area contributed by atoms with Crippen LogP contribution in [0.15, 0.2) is 12.2 Å². The van der Waals surface area contributed by atoms with Gasteiger partial charge in [-0.1, -0.05) is 167 Å². The highest BCUT2D eigenvalue weighted by atomic mass is 16.5. The van der Waals surface area contributed by atoms with Crippen molar-refractivity contribution in [3.63, 3.8) is 0 Å². The quantitative estimate of drug-likeness (QED) is 0.0516. The molecule has 0 aromatic rings. The van der Waals surface area contributed by atoms with Gasteiger partial charge in [0.25, 0.3) is 0 Å². The van der Waals surface area contributed by atoms with E-state index >= 15 is 0 Å². The van der Waals surface area contributed by atoms with Crippen molar-refractivity contribution in [2.45, 2.75) is 200 Å². The van der Waals surface area contributed by atoms with Crippen molar-refractivity contribution in [2.75, 3.05) is 6.61 Å². The molecule has 37 heavy (non-hydrogen) atoms. The van der Waals surface area contributed by atoms with E-state index in [9.17, 15) is 4.79 Å². The van der Waals surface area contributed by atoms with Crippen molar-refractivity contribution < 1.29 is 9.53 Å². The van der Waals surface area contributed by atoms with Gasteiger partial charge in [-0.2, -0.15) is 0 Å². The molecule has 0 saturated heterocycles. The Kier molecular flexibility index (Phi) is 32.5. The van der Waals surface area contributed by atoms with Gasteiger partial charge in [-0.15, -0.1) is 0 Å². The lowest BCUT2D eigenvalue weighted by Gasteiger charge is -2.06. The van der Waals surface area contributed by atoms with Crippen molar-refractivity contribution >= 4 is 5.97 Å². The van der Waals surface area contributed by atoms with Crippen LogP contribution in [-0.2, 0) is 9.53 Å². The average molecular weight is 521 g/mol. The number of allylic oxidation sites excluding steroid dienone is 2. The summed E-state index contributed by atoms with van der Waals surface area (Å²) in [6.07, 6.45) is 42.6. The lowest BCUT2D eigenvalue weighted by Crippen LogP contribution is -2.05. The average Bonchev–Trinajstić information content (AvgIpc) is 2.90. The Labute approximate surface area is 234 Å². The summed E-state index contributed by atoms with van der Waals surface area (Å²) in [7, 11) is 0. The number of unbranched alkanes of at least 4 members (excludes halogenated alkanes) is 25. The number of hydrogen-bond acceptors (Lipinski definition) is 2. The van der Waals surface area contributed by atoms with Gasteiger partial charge in [0.2, 0.25) is 0 Å². The lowest BCUT2D eigenvalue weighted by molar-refractivity contribution is -0.143. The number of carbonyl (C=O) groups excluding carboxylic acids is 1. The van der Waals surface area contributed by atoms with Crippen molar-refractivity contribution in [3.05, 3.63) is 12.2 Å². The minimum Gasteiger partial charge on any atom is -0.466 e. The van der Waals surface area contributed by atoms with Crippen LogP contribution in [-0.4, -0.2) is 12.6 Å². The Balaban J connectivity index is 3.18. The van der Waals surface area contributed by atoms with Crippen molar-refractivity contribution in [1.29, 1.82) is 0 Å². The molecule has 0 radical (unpaired) electrons. The van der Waals surface area contributed by atoms with Crippen LogP contribution in [0.2, 0.25) is 0 Å². The Morgan fingerprint density at radius 1 is 0.432 bits per heavy atom. The Hall–Kier alpha value is -0.790. The van der Waals surface area contributed by atoms with E-state index in [-0.39, 0.29) is 5.97 Å². The largest absolute Gasteiger partial charge is 0.466 e. The van der Waals surface area contributed by atoms with Gasteiger partial charge in [0.05, 0.1) is 6.61 Å². The predicted molar refractivity (Wildman–Crippen MR) is 165 cm³/mol. The third kappa shape index (κ3) is 33.2. The number of carbonyl (C=O) groups is 1. The molecular weight excluding hydrogens is 452 g/mol.